The fraction of sp³-hybridized carbons (Fsp3) is 0.625. The summed E-state index contributed by atoms with van der Waals surface area (Å²) in [5.74, 6) is 0.162. The molecule has 8 heteroatoms. The van der Waals surface area contributed by atoms with Crippen LogP contribution in [0, 0.1) is 6.92 Å². The topological polar surface area (TPSA) is 74.8 Å². The molecule has 1 aromatic carbocycles. The summed E-state index contributed by atoms with van der Waals surface area (Å²) < 4.78 is 51.9. The van der Waals surface area contributed by atoms with E-state index in [9.17, 15) is 16.8 Å². The van der Waals surface area contributed by atoms with Gasteiger partial charge in [0.25, 0.3) is 0 Å². The van der Waals surface area contributed by atoms with Gasteiger partial charge in [-0.2, -0.15) is 4.31 Å². The lowest BCUT2D eigenvalue weighted by Gasteiger charge is -2.37. The van der Waals surface area contributed by atoms with Crippen molar-refractivity contribution in [1.82, 2.24) is 9.21 Å². The summed E-state index contributed by atoms with van der Waals surface area (Å²) in [5.41, 5.74) is 1.00. The summed E-state index contributed by atoms with van der Waals surface area (Å²) >= 11 is 0. The van der Waals surface area contributed by atoms with E-state index in [4.69, 9.17) is 0 Å². The van der Waals surface area contributed by atoms with Crippen molar-refractivity contribution in [3.8, 4) is 0 Å². The molecule has 0 radical (unpaired) electrons. The quantitative estimate of drug-likeness (QED) is 0.770. The lowest BCUT2D eigenvalue weighted by atomic mass is 10.1. The van der Waals surface area contributed by atoms with E-state index < -0.39 is 25.1 Å². The van der Waals surface area contributed by atoms with Crippen LogP contribution in [0.4, 0.5) is 0 Å². The maximum atomic E-state index is 12.9. The van der Waals surface area contributed by atoms with Crippen LogP contribution in [0.5, 0.6) is 0 Å². The highest BCUT2D eigenvalue weighted by atomic mass is 32.2. The van der Waals surface area contributed by atoms with Gasteiger partial charge in [-0.25, -0.2) is 16.8 Å². The Morgan fingerprint density at radius 3 is 2.33 bits per heavy atom. The molecule has 24 heavy (non-hydrogen) atoms. The minimum Gasteiger partial charge on any atom is -0.301 e. The van der Waals surface area contributed by atoms with Crippen LogP contribution in [0.1, 0.15) is 18.4 Å². The summed E-state index contributed by atoms with van der Waals surface area (Å²) in [6.45, 7) is 3.05. The first-order chi connectivity index (χ1) is 11.2. The highest BCUT2D eigenvalue weighted by Crippen LogP contribution is 2.29. The molecule has 2 atom stereocenters. The predicted molar refractivity (Wildman–Crippen MR) is 93.2 cm³/mol. The third kappa shape index (κ3) is 3.24. The maximum Gasteiger partial charge on any atom is 0.243 e. The van der Waals surface area contributed by atoms with Crippen molar-refractivity contribution in [2.45, 2.75) is 36.0 Å². The number of sulfone groups is 1. The van der Waals surface area contributed by atoms with Crippen molar-refractivity contribution in [3.05, 3.63) is 29.8 Å². The van der Waals surface area contributed by atoms with E-state index in [1.165, 1.54) is 4.31 Å². The Kier molecular flexibility index (Phi) is 4.76. The van der Waals surface area contributed by atoms with Gasteiger partial charge < -0.3 is 4.90 Å². The standard InChI is InChI=1S/C16H24N2O4S2/c1-13-3-5-14(6-4-13)24(21,22)18-9-7-15-16(8-10-18)23(19,20)12-11-17(15)2/h3-6,15-16H,7-12H2,1-2H3/t15-,16+/m0/s1. The van der Waals surface area contributed by atoms with Crippen molar-refractivity contribution < 1.29 is 16.8 Å². The third-order valence-corrected chi connectivity index (χ3v) is 9.32. The molecule has 2 aliphatic rings. The molecule has 2 heterocycles. The van der Waals surface area contributed by atoms with Gasteiger partial charge in [-0.3, -0.25) is 0 Å². The van der Waals surface area contributed by atoms with Crippen LogP contribution in [-0.4, -0.2) is 69.8 Å². The van der Waals surface area contributed by atoms with Gasteiger partial charge in [0.15, 0.2) is 9.84 Å². The molecular weight excluding hydrogens is 348 g/mol. The van der Waals surface area contributed by atoms with E-state index in [-0.39, 0.29) is 23.2 Å². The summed E-state index contributed by atoms with van der Waals surface area (Å²) in [4.78, 5) is 2.34. The summed E-state index contributed by atoms with van der Waals surface area (Å²) in [5, 5.41) is -0.463. The zero-order chi connectivity index (χ0) is 17.5. The smallest absolute Gasteiger partial charge is 0.243 e. The van der Waals surface area contributed by atoms with Crippen molar-refractivity contribution in [2.75, 3.05) is 32.4 Å². The van der Waals surface area contributed by atoms with Crippen LogP contribution in [0.2, 0.25) is 0 Å². The van der Waals surface area contributed by atoms with Crippen LogP contribution in [0.15, 0.2) is 29.2 Å². The lowest BCUT2D eigenvalue weighted by Crippen LogP contribution is -2.52. The molecule has 0 bridgehead atoms. The Bertz CT molecular complexity index is 803. The zero-order valence-electron chi connectivity index (χ0n) is 14.1. The van der Waals surface area contributed by atoms with Gasteiger partial charge in [-0.05, 0) is 38.9 Å². The van der Waals surface area contributed by atoms with Gasteiger partial charge >= 0.3 is 0 Å². The Morgan fingerprint density at radius 1 is 1.04 bits per heavy atom. The van der Waals surface area contributed by atoms with E-state index in [1.54, 1.807) is 24.3 Å². The molecule has 0 amide bonds. The first kappa shape index (κ1) is 17.8. The molecule has 1 aromatic rings. The van der Waals surface area contributed by atoms with Crippen molar-refractivity contribution in [1.29, 1.82) is 0 Å². The molecule has 6 nitrogen and oxygen atoms in total. The van der Waals surface area contributed by atoms with Crippen molar-refractivity contribution in [3.63, 3.8) is 0 Å². The zero-order valence-corrected chi connectivity index (χ0v) is 15.7. The highest BCUT2D eigenvalue weighted by Gasteiger charge is 2.43. The first-order valence-corrected chi connectivity index (χ1v) is 11.4. The predicted octanol–water partition coefficient (Wildman–Crippen LogP) is 0.877. The first-order valence-electron chi connectivity index (χ1n) is 8.20. The Hall–Kier alpha value is -0.960. The van der Waals surface area contributed by atoms with Gasteiger partial charge in [0.1, 0.15) is 0 Å². The number of fused-ring (bicyclic) bond motifs is 1. The second kappa shape index (κ2) is 6.40. The van der Waals surface area contributed by atoms with Crippen LogP contribution in [0.3, 0.4) is 0 Å². The van der Waals surface area contributed by atoms with Crippen molar-refractivity contribution >= 4 is 19.9 Å². The molecule has 0 aromatic heterocycles. The molecule has 0 N–H and O–H groups in total. The molecule has 134 valence electrons. The maximum absolute atomic E-state index is 12.9. The lowest BCUT2D eigenvalue weighted by molar-refractivity contribution is 0.223. The normalized spacial score (nSPS) is 28.9. The number of sulfonamides is 1. The Labute approximate surface area is 144 Å². The Morgan fingerprint density at radius 2 is 1.67 bits per heavy atom. The van der Waals surface area contributed by atoms with Gasteiger partial charge in [-0.1, -0.05) is 17.7 Å². The molecule has 0 aliphatic carbocycles. The van der Waals surface area contributed by atoms with Crippen LogP contribution >= 0.6 is 0 Å². The minimum absolute atomic E-state index is 0.0954. The molecule has 0 saturated carbocycles. The molecule has 2 fully saturated rings. The third-order valence-electron chi connectivity index (χ3n) is 5.18. The number of hydrogen-bond acceptors (Lipinski definition) is 5. The van der Waals surface area contributed by atoms with Crippen LogP contribution < -0.4 is 0 Å². The monoisotopic (exact) mass is 372 g/mol. The molecule has 0 unspecified atom stereocenters. The number of rotatable bonds is 2. The molecular formula is C16H24N2O4S2. The average molecular weight is 373 g/mol. The fourth-order valence-corrected chi connectivity index (χ4v) is 7.25. The second-order valence-corrected chi connectivity index (χ2v) is 11.0. The minimum atomic E-state index is -3.58. The number of benzene rings is 1. The fourth-order valence-electron chi connectivity index (χ4n) is 3.65. The van der Waals surface area contributed by atoms with Crippen LogP contribution in [0.25, 0.3) is 0 Å². The molecule has 0 spiro atoms. The van der Waals surface area contributed by atoms with Gasteiger partial charge in [0.2, 0.25) is 10.0 Å². The van der Waals surface area contributed by atoms with Gasteiger partial charge in [-0.15, -0.1) is 0 Å². The van der Waals surface area contributed by atoms with Gasteiger partial charge in [0, 0.05) is 25.7 Å². The second-order valence-electron chi connectivity index (χ2n) is 6.75. The van der Waals surface area contributed by atoms with E-state index in [2.05, 4.69) is 4.90 Å². The largest absolute Gasteiger partial charge is 0.301 e. The summed E-state index contributed by atoms with van der Waals surface area (Å²) in [6, 6.07) is 6.70. The summed E-state index contributed by atoms with van der Waals surface area (Å²) in [6.07, 6.45) is 0.911. The van der Waals surface area contributed by atoms with Gasteiger partial charge in [0.05, 0.1) is 15.9 Å². The van der Waals surface area contributed by atoms with E-state index in [0.29, 0.717) is 25.9 Å². The molecule has 3 rings (SSSR count). The Balaban J connectivity index is 1.86. The number of nitrogens with zero attached hydrogens (tertiary/aromatic N) is 2. The van der Waals surface area contributed by atoms with E-state index in [1.807, 2.05) is 14.0 Å². The highest BCUT2D eigenvalue weighted by molar-refractivity contribution is 7.92. The number of hydrogen-bond donors (Lipinski definition) is 0. The van der Waals surface area contributed by atoms with Crippen LogP contribution in [-0.2, 0) is 19.9 Å². The average Bonchev–Trinajstić information content (AvgIpc) is 2.76. The van der Waals surface area contributed by atoms with E-state index >= 15 is 0 Å². The SMILES string of the molecule is Cc1ccc(S(=O)(=O)N2CC[C@@H]3[C@H](CC2)N(C)CCS3(=O)=O)cc1. The van der Waals surface area contributed by atoms with Crippen molar-refractivity contribution in [2.24, 2.45) is 0 Å². The number of aryl methyl sites for hydroxylation is 1. The molecule has 2 aliphatic heterocycles. The summed E-state index contributed by atoms with van der Waals surface area (Å²) in [7, 11) is -4.79. The molecule has 2 saturated heterocycles. The van der Waals surface area contributed by atoms with E-state index in [0.717, 1.165) is 5.56 Å².